The second-order valence-corrected chi connectivity index (χ2v) is 7.50. The van der Waals surface area contributed by atoms with Gasteiger partial charge in [-0.05, 0) is 42.5 Å². The molecule has 4 rings (SSSR count). The first-order valence-corrected chi connectivity index (χ1v) is 9.77. The van der Waals surface area contributed by atoms with Gasteiger partial charge in [-0.25, -0.2) is 4.68 Å². The summed E-state index contributed by atoms with van der Waals surface area (Å²) in [4.78, 5) is 2.27. The zero-order valence-electron chi connectivity index (χ0n) is 16.0. The molecule has 2 heterocycles. The van der Waals surface area contributed by atoms with Crippen LogP contribution in [-0.2, 0) is 13.2 Å². The third-order valence-electron chi connectivity index (χ3n) is 4.87. The second kappa shape index (κ2) is 8.16. The fraction of sp³-hybridized carbons (Fsp3) is 0.300. The van der Waals surface area contributed by atoms with Crippen LogP contribution in [0.2, 0.25) is 5.02 Å². The van der Waals surface area contributed by atoms with Crippen molar-refractivity contribution in [2.45, 2.75) is 19.3 Å². The van der Waals surface area contributed by atoms with E-state index < -0.39 is 6.10 Å². The van der Waals surface area contributed by atoms with E-state index in [1.165, 1.54) is 0 Å². The topological polar surface area (TPSA) is 72.9 Å². The van der Waals surface area contributed by atoms with Gasteiger partial charge in [0.25, 0.3) is 4.84 Å². The highest BCUT2D eigenvalue weighted by molar-refractivity contribution is 7.71. The van der Waals surface area contributed by atoms with Crippen LogP contribution in [0.3, 0.4) is 0 Å². The van der Waals surface area contributed by atoms with Gasteiger partial charge in [-0.3, -0.25) is 4.90 Å². The largest absolute Gasteiger partial charge is 0.496 e. The van der Waals surface area contributed by atoms with Gasteiger partial charge < -0.3 is 19.0 Å². The van der Waals surface area contributed by atoms with E-state index in [9.17, 15) is 5.11 Å². The molecule has 1 aliphatic rings. The molecule has 1 atom stereocenters. The molecule has 0 spiro atoms. The van der Waals surface area contributed by atoms with Crippen molar-refractivity contribution in [2.75, 3.05) is 20.8 Å². The van der Waals surface area contributed by atoms with Crippen LogP contribution in [0.25, 0.3) is 11.5 Å². The van der Waals surface area contributed by atoms with Gasteiger partial charge in [0, 0.05) is 34.8 Å². The van der Waals surface area contributed by atoms with E-state index in [-0.39, 0.29) is 4.84 Å². The number of β-amino-alcohol motifs (C(OH)–C–C–N with tert-alkyl or cyclic N) is 1. The molecule has 0 amide bonds. The Morgan fingerprint density at radius 1 is 1.24 bits per heavy atom. The summed E-state index contributed by atoms with van der Waals surface area (Å²) in [6.45, 7) is 1.31. The highest BCUT2D eigenvalue weighted by atomic mass is 35.5. The maximum Gasteiger partial charge on any atom is 0.288 e. The Hall–Kier alpha value is -2.39. The number of hydrogen-bond donors (Lipinski definition) is 1. The quantitative estimate of drug-likeness (QED) is 0.608. The lowest BCUT2D eigenvalue weighted by Gasteiger charge is -2.33. The number of rotatable bonds is 5. The summed E-state index contributed by atoms with van der Waals surface area (Å²) in [5.41, 5.74) is 2.39. The van der Waals surface area contributed by atoms with E-state index >= 15 is 0 Å². The van der Waals surface area contributed by atoms with Gasteiger partial charge >= 0.3 is 0 Å². The summed E-state index contributed by atoms with van der Waals surface area (Å²) in [6.07, 6.45) is -0.725. The Bertz CT molecular complexity index is 1100. The van der Waals surface area contributed by atoms with Gasteiger partial charge in [-0.2, -0.15) is 0 Å². The van der Waals surface area contributed by atoms with Gasteiger partial charge in [0.1, 0.15) is 11.5 Å². The van der Waals surface area contributed by atoms with Gasteiger partial charge in [0.2, 0.25) is 5.89 Å². The number of aromatic nitrogens is 2. The molecular formula is C20H20ClN3O4S. The molecule has 0 radical (unpaired) electrons. The molecule has 152 valence electrons. The summed E-state index contributed by atoms with van der Waals surface area (Å²) < 4.78 is 18.2. The fourth-order valence-corrected chi connectivity index (χ4v) is 3.94. The minimum atomic E-state index is -0.725. The van der Waals surface area contributed by atoms with E-state index in [2.05, 4.69) is 5.10 Å². The van der Waals surface area contributed by atoms with Crippen LogP contribution < -0.4 is 9.47 Å². The maximum atomic E-state index is 10.8. The molecule has 29 heavy (non-hydrogen) atoms. The first-order chi connectivity index (χ1) is 14.0. The molecule has 3 aromatic rings. The van der Waals surface area contributed by atoms with Crippen LogP contribution in [0.4, 0.5) is 0 Å². The highest BCUT2D eigenvalue weighted by Crippen LogP contribution is 2.39. The molecule has 0 saturated carbocycles. The van der Waals surface area contributed by atoms with E-state index in [4.69, 9.17) is 37.7 Å². The minimum absolute atomic E-state index is 0.248. The standard InChI is InChI=1S/C20H20ClN3O4S/c1-26-16-6-7-17(27-2)18-14(16)9-23(10-15(18)25)11-24-20(29)28-19(22-24)12-4-3-5-13(21)8-12/h3-8,15,25H,9-11H2,1-2H3. The fourth-order valence-electron chi connectivity index (χ4n) is 3.58. The summed E-state index contributed by atoms with van der Waals surface area (Å²) >= 11 is 11.4. The van der Waals surface area contributed by atoms with E-state index in [1.807, 2.05) is 29.2 Å². The van der Waals surface area contributed by atoms with Gasteiger partial charge in [0.05, 0.1) is 27.0 Å². The summed E-state index contributed by atoms with van der Waals surface area (Å²) in [6, 6.07) is 10.9. The molecular weight excluding hydrogens is 414 g/mol. The van der Waals surface area contributed by atoms with E-state index in [1.54, 1.807) is 31.0 Å². The van der Waals surface area contributed by atoms with Crippen LogP contribution in [-0.4, -0.2) is 40.6 Å². The summed E-state index contributed by atoms with van der Waals surface area (Å²) in [5, 5.41) is 15.8. The monoisotopic (exact) mass is 433 g/mol. The first kappa shape index (κ1) is 19.9. The lowest BCUT2D eigenvalue weighted by atomic mass is 9.95. The van der Waals surface area contributed by atoms with Crippen molar-refractivity contribution in [3.63, 3.8) is 0 Å². The van der Waals surface area contributed by atoms with Crippen molar-refractivity contribution in [3.05, 3.63) is 57.4 Å². The Labute approximate surface area is 178 Å². The van der Waals surface area contributed by atoms with Crippen molar-refractivity contribution < 1.29 is 19.0 Å². The molecule has 0 aliphatic carbocycles. The number of hydrogen-bond acceptors (Lipinski definition) is 7. The van der Waals surface area contributed by atoms with Crippen LogP contribution in [0.5, 0.6) is 11.5 Å². The van der Waals surface area contributed by atoms with E-state index in [0.717, 1.165) is 16.7 Å². The number of fused-ring (bicyclic) bond motifs is 1. The molecule has 1 aromatic heterocycles. The number of ether oxygens (including phenoxy) is 2. The Morgan fingerprint density at radius 3 is 2.72 bits per heavy atom. The Balaban J connectivity index is 1.62. The number of aliphatic hydroxyl groups excluding tert-OH is 1. The molecule has 1 unspecified atom stereocenters. The van der Waals surface area contributed by atoms with Crippen molar-refractivity contribution >= 4 is 23.8 Å². The van der Waals surface area contributed by atoms with Crippen LogP contribution in [0.1, 0.15) is 17.2 Å². The smallest absolute Gasteiger partial charge is 0.288 e. The van der Waals surface area contributed by atoms with Crippen molar-refractivity contribution in [1.82, 2.24) is 14.7 Å². The number of halogens is 1. The lowest BCUT2D eigenvalue weighted by molar-refractivity contribution is 0.0665. The summed E-state index contributed by atoms with van der Waals surface area (Å²) in [7, 11) is 3.20. The Kier molecular flexibility index (Phi) is 5.60. The number of nitrogens with zero attached hydrogens (tertiary/aromatic N) is 3. The predicted octanol–water partition coefficient (Wildman–Crippen LogP) is 4.05. The Morgan fingerprint density at radius 2 is 2.00 bits per heavy atom. The normalized spacial score (nSPS) is 16.5. The first-order valence-electron chi connectivity index (χ1n) is 8.98. The average molecular weight is 434 g/mol. The molecule has 1 N–H and O–H groups in total. The molecule has 0 saturated heterocycles. The molecule has 9 heteroatoms. The second-order valence-electron chi connectivity index (χ2n) is 6.71. The lowest BCUT2D eigenvalue weighted by Crippen LogP contribution is -2.35. The summed E-state index contributed by atoms with van der Waals surface area (Å²) in [5.74, 6) is 1.75. The third kappa shape index (κ3) is 3.89. The molecule has 0 fully saturated rings. The number of benzene rings is 2. The molecule has 1 aliphatic heterocycles. The minimum Gasteiger partial charge on any atom is -0.496 e. The van der Waals surface area contributed by atoms with Crippen molar-refractivity contribution in [1.29, 1.82) is 0 Å². The average Bonchev–Trinajstić information content (AvgIpc) is 3.07. The molecule has 0 bridgehead atoms. The maximum absolute atomic E-state index is 10.8. The van der Waals surface area contributed by atoms with Crippen molar-refractivity contribution in [2.24, 2.45) is 0 Å². The van der Waals surface area contributed by atoms with Gasteiger partial charge in [-0.1, -0.05) is 17.7 Å². The predicted molar refractivity (Wildman–Crippen MR) is 111 cm³/mol. The highest BCUT2D eigenvalue weighted by Gasteiger charge is 2.30. The van der Waals surface area contributed by atoms with Crippen molar-refractivity contribution in [3.8, 4) is 23.0 Å². The van der Waals surface area contributed by atoms with Gasteiger partial charge in [-0.15, -0.1) is 5.10 Å². The van der Waals surface area contributed by atoms with Gasteiger partial charge in [0.15, 0.2) is 0 Å². The van der Waals surface area contributed by atoms with Crippen LogP contribution in [0, 0.1) is 4.84 Å². The van der Waals surface area contributed by atoms with Crippen LogP contribution in [0.15, 0.2) is 40.8 Å². The number of aliphatic hydroxyl groups is 1. The van der Waals surface area contributed by atoms with Crippen LogP contribution >= 0.6 is 23.8 Å². The third-order valence-corrected chi connectivity index (χ3v) is 5.40. The zero-order chi connectivity index (χ0) is 20.5. The number of methoxy groups -OCH3 is 2. The molecule has 2 aromatic carbocycles. The van der Waals surface area contributed by atoms with E-state index in [0.29, 0.717) is 42.2 Å². The molecule has 7 nitrogen and oxygen atoms in total. The zero-order valence-corrected chi connectivity index (χ0v) is 17.5. The SMILES string of the molecule is COc1ccc(OC)c2c1CN(Cn1nc(-c3cccc(Cl)c3)oc1=S)CC2O.